The van der Waals surface area contributed by atoms with Gasteiger partial charge < -0.3 is 5.32 Å². The maximum atomic E-state index is 11.7. The molecule has 1 N–H and O–H groups in total. The molecule has 104 valence electrons. The molecular formula is C16H16ClNOS. The number of nitrogens with one attached hydrogen (secondary N) is 1. The van der Waals surface area contributed by atoms with Crippen molar-refractivity contribution in [3.05, 3.63) is 59.6 Å². The van der Waals surface area contributed by atoms with Crippen LogP contribution in [0.2, 0.25) is 5.02 Å². The van der Waals surface area contributed by atoms with Crippen molar-refractivity contribution in [3.63, 3.8) is 0 Å². The van der Waals surface area contributed by atoms with E-state index in [0.717, 1.165) is 22.9 Å². The summed E-state index contributed by atoms with van der Waals surface area (Å²) in [7, 11) is 0. The Hall–Kier alpha value is -1.45. The molecule has 0 saturated heterocycles. The number of hydrogen-bond acceptors (Lipinski definition) is 2. The average Bonchev–Trinajstić information content (AvgIpc) is 2.46. The second-order valence-electron chi connectivity index (χ2n) is 4.32. The van der Waals surface area contributed by atoms with Gasteiger partial charge in [0.25, 0.3) is 0 Å². The lowest BCUT2D eigenvalue weighted by Gasteiger charge is -2.05. The molecule has 0 fully saturated rings. The molecule has 4 heteroatoms. The Morgan fingerprint density at radius 3 is 2.45 bits per heavy atom. The van der Waals surface area contributed by atoms with E-state index in [2.05, 4.69) is 5.32 Å². The number of carbonyl (C=O) groups is 1. The Kier molecular flexibility index (Phi) is 5.96. The van der Waals surface area contributed by atoms with Crippen LogP contribution >= 0.6 is 23.4 Å². The van der Waals surface area contributed by atoms with Gasteiger partial charge in [-0.15, -0.1) is 11.8 Å². The van der Waals surface area contributed by atoms with E-state index >= 15 is 0 Å². The van der Waals surface area contributed by atoms with Crippen molar-refractivity contribution in [1.82, 2.24) is 0 Å². The van der Waals surface area contributed by atoms with Crippen LogP contribution in [0.5, 0.6) is 0 Å². The van der Waals surface area contributed by atoms with Crippen LogP contribution in [0.25, 0.3) is 0 Å². The van der Waals surface area contributed by atoms with Gasteiger partial charge in [-0.25, -0.2) is 0 Å². The molecule has 2 nitrogen and oxygen atoms in total. The van der Waals surface area contributed by atoms with E-state index in [4.69, 9.17) is 11.6 Å². The number of anilines is 1. The van der Waals surface area contributed by atoms with Crippen LogP contribution in [0.1, 0.15) is 12.8 Å². The summed E-state index contributed by atoms with van der Waals surface area (Å²) in [5.74, 6) is 0.983. The summed E-state index contributed by atoms with van der Waals surface area (Å²) in [6.07, 6.45) is 1.39. The monoisotopic (exact) mass is 305 g/mol. The summed E-state index contributed by atoms with van der Waals surface area (Å²) in [6.45, 7) is 0. The molecule has 1 amide bonds. The van der Waals surface area contributed by atoms with E-state index in [1.54, 1.807) is 11.8 Å². The molecule has 0 aliphatic carbocycles. The molecule has 0 aliphatic rings. The average molecular weight is 306 g/mol. The molecule has 0 radical (unpaired) electrons. The minimum absolute atomic E-state index is 0.0629. The van der Waals surface area contributed by atoms with Crippen LogP contribution in [-0.2, 0) is 4.79 Å². The Bertz CT molecular complexity index is 542. The summed E-state index contributed by atoms with van der Waals surface area (Å²) in [4.78, 5) is 12.9. The predicted molar refractivity (Wildman–Crippen MR) is 86.5 cm³/mol. The number of halogens is 1. The summed E-state index contributed by atoms with van der Waals surface area (Å²) < 4.78 is 0. The van der Waals surface area contributed by atoms with Crippen molar-refractivity contribution in [2.75, 3.05) is 11.1 Å². The Labute approximate surface area is 128 Å². The second-order valence-corrected chi connectivity index (χ2v) is 5.92. The molecule has 0 aromatic heterocycles. The van der Waals surface area contributed by atoms with Gasteiger partial charge in [0.15, 0.2) is 0 Å². The van der Waals surface area contributed by atoms with Crippen LogP contribution in [-0.4, -0.2) is 11.7 Å². The lowest BCUT2D eigenvalue weighted by molar-refractivity contribution is -0.116. The fourth-order valence-electron chi connectivity index (χ4n) is 1.70. The summed E-state index contributed by atoms with van der Waals surface area (Å²) in [5, 5.41) is 3.63. The van der Waals surface area contributed by atoms with E-state index in [0.29, 0.717) is 6.42 Å². The van der Waals surface area contributed by atoms with Crippen molar-refractivity contribution >= 4 is 35.0 Å². The van der Waals surface area contributed by atoms with Crippen molar-refractivity contribution < 1.29 is 4.79 Å². The standard InChI is InChI=1S/C16H16ClNOS/c17-13-8-10-15(11-9-13)20-12-4-7-16(19)18-14-5-2-1-3-6-14/h1-3,5-6,8-11H,4,7,12H2,(H,18,19). The Morgan fingerprint density at radius 1 is 1.05 bits per heavy atom. The topological polar surface area (TPSA) is 29.1 Å². The van der Waals surface area contributed by atoms with Crippen molar-refractivity contribution in [2.24, 2.45) is 0 Å². The van der Waals surface area contributed by atoms with Crippen LogP contribution in [0.4, 0.5) is 5.69 Å². The van der Waals surface area contributed by atoms with E-state index < -0.39 is 0 Å². The minimum atomic E-state index is 0.0629. The predicted octanol–water partition coefficient (Wildman–Crippen LogP) is 4.85. The quantitative estimate of drug-likeness (QED) is 0.610. The second kappa shape index (κ2) is 7.98. The molecule has 0 spiro atoms. The first-order valence-corrected chi connectivity index (χ1v) is 7.84. The van der Waals surface area contributed by atoms with E-state index in [1.807, 2.05) is 54.6 Å². The summed E-state index contributed by atoms with van der Waals surface area (Å²) >= 11 is 7.57. The lowest BCUT2D eigenvalue weighted by Crippen LogP contribution is -2.11. The first kappa shape index (κ1) is 14.9. The SMILES string of the molecule is O=C(CCCSc1ccc(Cl)cc1)Nc1ccccc1. The lowest BCUT2D eigenvalue weighted by atomic mass is 10.3. The zero-order valence-electron chi connectivity index (χ0n) is 11.0. The number of hydrogen-bond donors (Lipinski definition) is 1. The van der Waals surface area contributed by atoms with E-state index in [1.165, 1.54) is 4.90 Å². The van der Waals surface area contributed by atoms with Crippen molar-refractivity contribution in [2.45, 2.75) is 17.7 Å². The Balaban J connectivity index is 1.66. The zero-order chi connectivity index (χ0) is 14.2. The largest absolute Gasteiger partial charge is 0.326 e. The number of amides is 1. The first-order valence-electron chi connectivity index (χ1n) is 6.47. The van der Waals surface area contributed by atoms with Crippen molar-refractivity contribution in [1.29, 1.82) is 0 Å². The maximum Gasteiger partial charge on any atom is 0.224 e. The first-order chi connectivity index (χ1) is 9.74. The summed E-state index contributed by atoms with van der Waals surface area (Å²) in [5.41, 5.74) is 0.850. The molecule has 0 atom stereocenters. The molecule has 2 rings (SSSR count). The van der Waals surface area contributed by atoms with Crippen molar-refractivity contribution in [3.8, 4) is 0 Å². The fourth-order valence-corrected chi connectivity index (χ4v) is 2.68. The summed E-state index contributed by atoms with van der Waals surface area (Å²) in [6, 6.07) is 17.3. The van der Waals surface area contributed by atoms with Gasteiger partial charge in [0.2, 0.25) is 5.91 Å². The minimum Gasteiger partial charge on any atom is -0.326 e. The van der Waals surface area contributed by atoms with E-state index in [-0.39, 0.29) is 5.91 Å². The number of benzene rings is 2. The van der Waals surface area contributed by atoms with Crippen LogP contribution in [0.15, 0.2) is 59.5 Å². The normalized spacial score (nSPS) is 10.2. The van der Waals surface area contributed by atoms with Crippen LogP contribution < -0.4 is 5.32 Å². The molecule has 0 bridgehead atoms. The van der Waals surface area contributed by atoms with Gasteiger partial charge in [0, 0.05) is 22.0 Å². The number of para-hydroxylation sites is 1. The third kappa shape index (κ3) is 5.27. The maximum absolute atomic E-state index is 11.7. The van der Waals surface area contributed by atoms with Gasteiger partial charge in [0.05, 0.1) is 0 Å². The molecule has 0 heterocycles. The molecular weight excluding hydrogens is 290 g/mol. The number of thioether (sulfide) groups is 1. The number of carbonyl (C=O) groups excluding carboxylic acids is 1. The molecule has 0 unspecified atom stereocenters. The molecule has 0 saturated carbocycles. The highest BCUT2D eigenvalue weighted by atomic mass is 35.5. The van der Waals surface area contributed by atoms with Gasteiger partial charge in [-0.3, -0.25) is 4.79 Å². The highest BCUT2D eigenvalue weighted by Gasteiger charge is 2.02. The van der Waals surface area contributed by atoms with Gasteiger partial charge in [0.1, 0.15) is 0 Å². The highest BCUT2D eigenvalue weighted by Crippen LogP contribution is 2.21. The smallest absolute Gasteiger partial charge is 0.224 e. The Morgan fingerprint density at radius 2 is 1.75 bits per heavy atom. The molecule has 20 heavy (non-hydrogen) atoms. The fraction of sp³-hybridized carbons (Fsp3) is 0.188. The van der Waals surface area contributed by atoms with Gasteiger partial charge >= 0.3 is 0 Å². The molecule has 0 aliphatic heterocycles. The molecule has 2 aromatic carbocycles. The van der Waals surface area contributed by atoms with Gasteiger partial charge in [-0.1, -0.05) is 29.8 Å². The highest BCUT2D eigenvalue weighted by molar-refractivity contribution is 7.99. The number of rotatable bonds is 6. The third-order valence-electron chi connectivity index (χ3n) is 2.69. The third-order valence-corrected chi connectivity index (χ3v) is 4.04. The van der Waals surface area contributed by atoms with Crippen LogP contribution in [0, 0.1) is 0 Å². The molecule has 2 aromatic rings. The van der Waals surface area contributed by atoms with Crippen LogP contribution in [0.3, 0.4) is 0 Å². The van der Waals surface area contributed by atoms with Gasteiger partial charge in [-0.2, -0.15) is 0 Å². The van der Waals surface area contributed by atoms with E-state index in [9.17, 15) is 4.79 Å². The van der Waals surface area contributed by atoms with Gasteiger partial charge in [-0.05, 0) is 48.6 Å². The zero-order valence-corrected chi connectivity index (χ0v) is 12.6.